The summed E-state index contributed by atoms with van der Waals surface area (Å²) in [4.78, 5) is 2.39. The van der Waals surface area contributed by atoms with Gasteiger partial charge in [0.2, 0.25) is 10.0 Å². The average molecular weight is 443 g/mol. The lowest BCUT2D eigenvalue weighted by atomic mass is 10.1. The van der Waals surface area contributed by atoms with E-state index >= 15 is 0 Å². The molecule has 8 heteroatoms. The van der Waals surface area contributed by atoms with Crippen LogP contribution in [0.1, 0.15) is 30.4 Å². The summed E-state index contributed by atoms with van der Waals surface area (Å²) in [7, 11) is -2.36. The third-order valence-corrected chi connectivity index (χ3v) is 7.29. The molecule has 1 aliphatic rings. The summed E-state index contributed by atoms with van der Waals surface area (Å²) in [5, 5.41) is 0.0273. The number of nitrogens with zero attached hydrogens (tertiary/aromatic N) is 1. The number of nitrogens with one attached hydrogen (secondary N) is 1. The SMILES string of the molecule is COc1ccc(S(=O)(=O)NCc2ccc(CN3CCCCC3)cc2)c(Cl)c1Cl. The predicted molar refractivity (Wildman–Crippen MR) is 113 cm³/mol. The second-order valence-electron chi connectivity index (χ2n) is 6.87. The lowest BCUT2D eigenvalue weighted by Crippen LogP contribution is -2.29. The van der Waals surface area contributed by atoms with Crippen molar-refractivity contribution in [2.24, 2.45) is 0 Å². The number of hydrogen-bond donors (Lipinski definition) is 1. The van der Waals surface area contributed by atoms with Gasteiger partial charge in [0.05, 0.1) is 12.1 Å². The van der Waals surface area contributed by atoms with Crippen molar-refractivity contribution in [3.05, 3.63) is 57.6 Å². The van der Waals surface area contributed by atoms with E-state index < -0.39 is 10.0 Å². The molecule has 1 N–H and O–H groups in total. The third kappa shape index (κ3) is 5.19. The van der Waals surface area contributed by atoms with E-state index in [0.717, 1.165) is 25.2 Å². The second-order valence-corrected chi connectivity index (χ2v) is 9.36. The molecule has 0 unspecified atom stereocenters. The summed E-state index contributed by atoms with van der Waals surface area (Å²) in [6.45, 7) is 3.40. The van der Waals surface area contributed by atoms with Gasteiger partial charge in [-0.25, -0.2) is 13.1 Å². The number of sulfonamides is 1. The van der Waals surface area contributed by atoms with Gasteiger partial charge >= 0.3 is 0 Å². The van der Waals surface area contributed by atoms with E-state index in [1.807, 2.05) is 12.1 Å². The van der Waals surface area contributed by atoms with Crippen LogP contribution in [0.15, 0.2) is 41.3 Å². The quantitative estimate of drug-likeness (QED) is 0.686. The van der Waals surface area contributed by atoms with Crippen LogP contribution >= 0.6 is 23.2 Å². The van der Waals surface area contributed by atoms with Gasteiger partial charge in [-0.2, -0.15) is 0 Å². The maximum atomic E-state index is 12.6. The number of hydrogen-bond acceptors (Lipinski definition) is 4. The highest BCUT2D eigenvalue weighted by Crippen LogP contribution is 2.36. The fraction of sp³-hybridized carbons (Fsp3) is 0.400. The first-order valence-electron chi connectivity index (χ1n) is 9.22. The van der Waals surface area contributed by atoms with Crippen molar-refractivity contribution in [1.29, 1.82) is 0 Å². The Morgan fingerprint density at radius 1 is 0.964 bits per heavy atom. The van der Waals surface area contributed by atoms with Crippen LogP contribution in [0.3, 0.4) is 0 Å². The zero-order valence-electron chi connectivity index (χ0n) is 15.7. The van der Waals surface area contributed by atoms with Crippen LogP contribution in [-0.4, -0.2) is 33.5 Å². The van der Waals surface area contributed by atoms with Crippen molar-refractivity contribution in [3.8, 4) is 5.75 Å². The molecule has 0 saturated carbocycles. The Hall–Kier alpha value is -1.31. The van der Waals surface area contributed by atoms with Gasteiger partial charge < -0.3 is 4.74 Å². The Morgan fingerprint density at radius 3 is 2.25 bits per heavy atom. The molecule has 1 saturated heterocycles. The van der Waals surface area contributed by atoms with E-state index in [9.17, 15) is 8.42 Å². The number of halogens is 2. The maximum absolute atomic E-state index is 12.6. The molecule has 152 valence electrons. The van der Waals surface area contributed by atoms with Gasteiger partial charge in [0.25, 0.3) is 0 Å². The summed E-state index contributed by atoms with van der Waals surface area (Å²) in [5.41, 5.74) is 2.11. The fourth-order valence-electron chi connectivity index (χ4n) is 3.27. The summed E-state index contributed by atoms with van der Waals surface area (Å²) in [5.74, 6) is 0.329. The van der Waals surface area contributed by atoms with Crippen molar-refractivity contribution in [2.75, 3.05) is 20.2 Å². The molecular weight excluding hydrogens is 419 g/mol. The molecule has 2 aromatic carbocycles. The molecule has 5 nitrogen and oxygen atoms in total. The molecule has 0 bridgehead atoms. The van der Waals surface area contributed by atoms with Gasteiger partial charge in [-0.05, 0) is 49.2 Å². The van der Waals surface area contributed by atoms with Crippen molar-refractivity contribution < 1.29 is 13.2 Å². The lowest BCUT2D eigenvalue weighted by Gasteiger charge is -2.26. The van der Waals surface area contributed by atoms with Gasteiger partial charge in [-0.3, -0.25) is 4.90 Å². The smallest absolute Gasteiger partial charge is 0.242 e. The first-order chi connectivity index (χ1) is 13.4. The molecule has 1 heterocycles. The maximum Gasteiger partial charge on any atom is 0.242 e. The van der Waals surface area contributed by atoms with E-state index in [0.29, 0.717) is 5.75 Å². The van der Waals surface area contributed by atoms with E-state index in [-0.39, 0.29) is 21.5 Å². The number of rotatable bonds is 7. The second kappa shape index (κ2) is 9.46. The fourth-order valence-corrected chi connectivity index (χ4v) is 5.13. The molecule has 0 amide bonds. The van der Waals surface area contributed by atoms with Gasteiger partial charge in [-0.1, -0.05) is 53.9 Å². The van der Waals surface area contributed by atoms with Crippen LogP contribution in [0.25, 0.3) is 0 Å². The van der Waals surface area contributed by atoms with E-state index in [4.69, 9.17) is 27.9 Å². The molecule has 0 spiro atoms. The first kappa shape index (κ1) is 21.4. The van der Waals surface area contributed by atoms with Crippen molar-refractivity contribution in [2.45, 2.75) is 37.2 Å². The van der Waals surface area contributed by atoms with Crippen molar-refractivity contribution >= 4 is 33.2 Å². The third-order valence-electron chi connectivity index (χ3n) is 4.87. The number of piperidine rings is 1. The van der Waals surface area contributed by atoms with Gasteiger partial charge in [-0.15, -0.1) is 0 Å². The van der Waals surface area contributed by atoms with E-state index in [1.165, 1.54) is 44.1 Å². The lowest BCUT2D eigenvalue weighted by molar-refractivity contribution is 0.221. The Morgan fingerprint density at radius 2 is 1.61 bits per heavy atom. The predicted octanol–water partition coefficient (Wildman–Crippen LogP) is 4.47. The van der Waals surface area contributed by atoms with Gasteiger partial charge in [0, 0.05) is 13.1 Å². The Kier molecular flexibility index (Phi) is 7.23. The molecule has 3 rings (SSSR count). The highest BCUT2D eigenvalue weighted by molar-refractivity contribution is 7.89. The van der Waals surface area contributed by atoms with Crippen LogP contribution in [-0.2, 0) is 23.1 Å². The van der Waals surface area contributed by atoms with Crippen LogP contribution in [0.2, 0.25) is 10.0 Å². The standard InChI is InChI=1S/C20H24Cl2N2O3S/c1-27-17-9-10-18(20(22)19(17)21)28(25,26)23-13-15-5-7-16(8-6-15)14-24-11-3-2-4-12-24/h5-10,23H,2-4,11-14H2,1H3. The zero-order valence-corrected chi connectivity index (χ0v) is 18.1. The molecule has 0 radical (unpaired) electrons. The van der Waals surface area contributed by atoms with Crippen molar-refractivity contribution in [1.82, 2.24) is 9.62 Å². The summed E-state index contributed by atoms with van der Waals surface area (Å²) >= 11 is 12.2. The van der Waals surface area contributed by atoms with Gasteiger partial charge in [0.15, 0.2) is 0 Å². The number of ether oxygens (including phenoxy) is 1. The van der Waals surface area contributed by atoms with Crippen molar-refractivity contribution in [3.63, 3.8) is 0 Å². The first-order valence-corrected chi connectivity index (χ1v) is 11.5. The minimum atomic E-state index is -3.80. The Balaban J connectivity index is 1.63. The molecule has 28 heavy (non-hydrogen) atoms. The summed E-state index contributed by atoms with van der Waals surface area (Å²) < 4.78 is 32.8. The topological polar surface area (TPSA) is 58.6 Å². The summed E-state index contributed by atoms with van der Waals surface area (Å²) in [6.07, 6.45) is 3.84. The zero-order chi connectivity index (χ0) is 20.1. The molecule has 1 aliphatic heterocycles. The van der Waals surface area contributed by atoms with E-state index in [1.54, 1.807) is 0 Å². The van der Waals surface area contributed by atoms with E-state index in [2.05, 4.69) is 21.8 Å². The number of benzene rings is 2. The van der Waals surface area contributed by atoms with Gasteiger partial charge in [0.1, 0.15) is 15.7 Å². The number of methoxy groups -OCH3 is 1. The molecular formula is C20H24Cl2N2O3S. The van der Waals surface area contributed by atoms with Crippen LogP contribution in [0.4, 0.5) is 0 Å². The highest BCUT2D eigenvalue weighted by Gasteiger charge is 2.21. The molecule has 0 aromatic heterocycles. The highest BCUT2D eigenvalue weighted by atomic mass is 35.5. The monoisotopic (exact) mass is 442 g/mol. The van der Waals surface area contributed by atoms with Crippen LogP contribution < -0.4 is 9.46 Å². The Labute approximate surface area is 176 Å². The molecule has 0 aliphatic carbocycles. The molecule has 2 aromatic rings. The molecule has 0 atom stereocenters. The normalized spacial score (nSPS) is 15.5. The summed E-state index contributed by atoms with van der Waals surface area (Å²) in [6, 6.07) is 10.9. The largest absolute Gasteiger partial charge is 0.495 e. The average Bonchev–Trinajstić information content (AvgIpc) is 2.70. The minimum absolute atomic E-state index is 0.0506. The minimum Gasteiger partial charge on any atom is -0.495 e. The number of likely N-dealkylation sites (tertiary alicyclic amines) is 1. The van der Waals surface area contributed by atoms with Crippen LogP contribution in [0, 0.1) is 0 Å². The molecule has 1 fully saturated rings. The van der Waals surface area contributed by atoms with Crippen LogP contribution in [0.5, 0.6) is 5.75 Å². The Bertz CT molecular complexity index is 912.